The number of hydrogen-bond donors (Lipinski definition) is 1. The molecule has 0 aromatic rings. The lowest BCUT2D eigenvalue weighted by Crippen LogP contribution is -2.26. The van der Waals surface area contributed by atoms with E-state index in [1.807, 2.05) is 12.2 Å². The van der Waals surface area contributed by atoms with Crippen LogP contribution in [0.4, 0.5) is 0 Å². The van der Waals surface area contributed by atoms with E-state index in [1.165, 1.54) is 0 Å². The molecule has 2 atom stereocenters. The van der Waals surface area contributed by atoms with Gasteiger partial charge in [0.25, 0.3) is 0 Å². The van der Waals surface area contributed by atoms with Crippen LogP contribution in [0.15, 0.2) is 12.2 Å². The van der Waals surface area contributed by atoms with Gasteiger partial charge in [-0.2, -0.15) is 0 Å². The fourth-order valence-electron chi connectivity index (χ4n) is 1.21. The highest BCUT2D eigenvalue weighted by Gasteiger charge is 2.17. The van der Waals surface area contributed by atoms with Crippen LogP contribution in [0.2, 0.25) is 0 Å². The summed E-state index contributed by atoms with van der Waals surface area (Å²) in [5.41, 5.74) is 0. The molecule has 1 rings (SSSR count). The number of hydrogen-bond acceptors (Lipinski definition) is 2. The molecule has 0 amide bonds. The number of carboxylic acid groups (broad SMARTS) is 1. The summed E-state index contributed by atoms with van der Waals surface area (Å²) in [4.78, 5) is 10.4. The predicted molar refractivity (Wildman–Crippen MR) is 45.0 cm³/mol. The number of allylic oxidation sites excluding steroid dienone is 1. The van der Waals surface area contributed by atoms with Crippen LogP contribution in [-0.4, -0.2) is 23.3 Å². The molecule has 0 fully saturated rings. The van der Waals surface area contributed by atoms with Gasteiger partial charge in [-0.25, -0.2) is 4.79 Å². The van der Waals surface area contributed by atoms with Crippen LogP contribution in [-0.2, 0) is 9.53 Å². The van der Waals surface area contributed by atoms with Crippen molar-refractivity contribution in [2.45, 2.75) is 38.4 Å². The van der Waals surface area contributed by atoms with E-state index in [4.69, 9.17) is 9.84 Å². The Kier molecular flexibility index (Phi) is 3.29. The molecule has 1 N–H and O–H groups in total. The van der Waals surface area contributed by atoms with Gasteiger partial charge in [0, 0.05) is 0 Å². The van der Waals surface area contributed by atoms with Crippen molar-refractivity contribution in [3.8, 4) is 0 Å². The molecule has 12 heavy (non-hydrogen) atoms. The lowest BCUT2D eigenvalue weighted by atomic mass is 10.1. The Balaban J connectivity index is 2.34. The molecular formula is C9H14O3. The van der Waals surface area contributed by atoms with E-state index in [2.05, 4.69) is 0 Å². The molecule has 0 saturated heterocycles. The summed E-state index contributed by atoms with van der Waals surface area (Å²) in [6, 6.07) is 0. The predicted octanol–water partition coefficient (Wildman–Crippen LogP) is 1.58. The van der Waals surface area contributed by atoms with Crippen molar-refractivity contribution in [1.82, 2.24) is 0 Å². The molecule has 1 aliphatic carbocycles. The first-order chi connectivity index (χ1) is 5.70. The number of carbonyl (C=O) groups is 1. The highest BCUT2D eigenvalue weighted by atomic mass is 16.5. The van der Waals surface area contributed by atoms with Crippen LogP contribution >= 0.6 is 0 Å². The van der Waals surface area contributed by atoms with Gasteiger partial charge in [-0.1, -0.05) is 12.2 Å². The quantitative estimate of drug-likeness (QED) is 0.654. The maximum Gasteiger partial charge on any atom is 0.332 e. The van der Waals surface area contributed by atoms with Crippen molar-refractivity contribution in [2.75, 3.05) is 0 Å². The fourth-order valence-corrected chi connectivity index (χ4v) is 1.21. The fraction of sp³-hybridized carbons (Fsp3) is 0.667. The Morgan fingerprint density at radius 1 is 1.75 bits per heavy atom. The van der Waals surface area contributed by atoms with Crippen molar-refractivity contribution in [1.29, 1.82) is 0 Å². The summed E-state index contributed by atoms with van der Waals surface area (Å²) in [7, 11) is 0. The van der Waals surface area contributed by atoms with E-state index >= 15 is 0 Å². The molecule has 0 aliphatic heterocycles. The van der Waals surface area contributed by atoms with Gasteiger partial charge in [-0.15, -0.1) is 0 Å². The highest BCUT2D eigenvalue weighted by molar-refractivity contribution is 5.71. The van der Waals surface area contributed by atoms with Gasteiger partial charge in [0.1, 0.15) is 0 Å². The molecule has 68 valence electrons. The Labute approximate surface area is 72.0 Å². The average molecular weight is 170 g/mol. The van der Waals surface area contributed by atoms with E-state index in [0.29, 0.717) is 0 Å². The molecule has 3 heteroatoms. The molecule has 1 aliphatic rings. The maximum absolute atomic E-state index is 10.4. The van der Waals surface area contributed by atoms with E-state index in [1.54, 1.807) is 6.92 Å². The van der Waals surface area contributed by atoms with Crippen LogP contribution in [0.1, 0.15) is 26.2 Å². The number of carboxylic acids is 1. The molecule has 0 spiro atoms. The smallest absolute Gasteiger partial charge is 0.332 e. The summed E-state index contributed by atoms with van der Waals surface area (Å²) in [5.74, 6) is -0.894. The zero-order valence-corrected chi connectivity index (χ0v) is 7.19. The first-order valence-corrected chi connectivity index (χ1v) is 4.25. The molecule has 0 bridgehead atoms. The van der Waals surface area contributed by atoms with Crippen molar-refractivity contribution >= 4 is 5.97 Å². The lowest BCUT2D eigenvalue weighted by Gasteiger charge is -2.19. The van der Waals surface area contributed by atoms with Gasteiger partial charge in [0.2, 0.25) is 0 Å². The topological polar surface area (TPSA) is 46.5 Å². The molecule has 1 unspecified atom stereocenters. The Morgan fingerprint density at radius 2 is 2.50 bits per heavy atom. The van der Waals surface area contributed by atoms with Crippen molar-refractivity contribution in [3.63, 3.8) is 0 Å². The van der Waals surface area contributed by atoms with Crippen LogP contribution in [0.3, 0.4) is 0 Å². The van der Waals surface area contributed by atoms with E-state index in [-0.39, 0.29) is 6.10 Å². The molecular weight excluding hydrogens is 156 g/mol. The highest BCUT2D eigenvalue weighted by Crippen LogP contribution is 2.14. The van der Waals surface area contributed by atoms with Crippen molar-refractivity contribution in [3.05, 3.63) is 12.2 Å². The van der Waals surface area contributed by atoms with Gasteiger partial charge in [0.05, 0.1) is 6.10 Å². The summed E-state index contributed by atoms with van der Waals surface area (Å²) in [6.45, 7) is 1.56. The number of rotatable bonds is 3. The third kappa shape index (κ3) is 2.66. The maximum atomic E-state index is 10.4. The second-order valence-electron chi connectivity index (χ2n) is 3.01. The van der Waals surface area contributed by atoms with Crippen LogP contribution in [0, 0.1) is 0 Å². The molecule has 0 radical (unpaired) electrons. The van der Waals surface area contributed by atoms with E-state index in [9.17, 15) is 4.79 Å². The second-order valence-corrected chi connectivity index (χ2v) is 3.01. The zero-order chi connectivity index (χ0) is 8.97. The second kappa shape index (κ2) is 4.26. The van der Waals surface area contributed by atoms with Crippen LogP contribution in [0.25, 0.3) is 0 Å². The molecule has 3 nitrogen and oxygen atoms in total. The normalized spacial score (nSPS) is 25.2. The standard InChI is InChI=1S/C9H14O3/c1-7(9(10)11)12-8-5-3-2-4-6-8/h3,5,7-8H,2,4,6H2,1H3,(H,10,11)/t7-,8?/m0/s1. The summed E-state index contributed by atoms with van der Waals surface area (Å²) >= 11 is 0. The van der Waals surface area contributed by atoms with Crippen molar-refractivity contribution < 1.29 is 14.6 Å². The summed E-state index contributed by atoms with van der Waals surface area (Å²) < 4.78 is 5.27. The van der Waals surface area contributed by atoms with Gasteiger partial charge >= 0.3 is 5.97 Å². The summed E-state index contributed by atoms with van der Waals surface area (Å²) in [6.07, 6.45) is 6.41. The number of ether oxygens (including phenoxy) is 1. The molecule has 0 saturated carbocycles. The third-order valence-corrected chi connectivity index (χ3v) is 1.94. The van der Waals surface area contributed by atoms with Crippen LogP contribution < -0.4 is 0 Å². The van der Waals surface area contributed by atoms with E-state index in [0.717, 1.165) is 19.3 Å². The largest absolute Gasteiger partial charge is 0.479 e. The first-order valence-electron chi connectivity index (χ1n) is 4.25. The minimum absolute atomic E-state index is 0.00449. The minimum Gasteiger partial charge on any atom is -0.479 e. The van der Waals surface area contributed by atoms with Crippen molar-refractivity contribution in [2.24, 2.45) is 0 Å². The van der Waals surface area contributed by atoms with Gasteiger partial charge < -0.3 is 9.84 Å². The Hall–Kier alpha value is -0.830. The van der Waals surface area contributed by atoms with Gasteiger partial charge in [-0.05, 0) is 26.2 Å². The molecule has 0 aromatic heterocycles. The zero-order valence-electron chi connectivity index (χ0n) is 7.19. The number of aliphatic carboxylic acids is 1. The third-order valence-electron chi connectivity index (χ3n) is 1.94. The minimum atomic E-state index is -0.894. The lowest BCUT2D eigenvalue weighted by molar-refractivity contribution is -0.151. The van der Waals surface area contributed by atoms with Gasteiger partial charge in [0.15, 0.2) is 6.10 Å². The Bertz CT molecular complexity index is 186. The monoisotopic (exact) mass is 170 g/mol. The SMILES string of the molecule is C[C@H](OC1C=CCCC1)C(=O)O. The first kappa shape index (κ1) is 9.26. The summed E-state index contributed by atoms with van der Waals surface area (Å²) in [5, 5.41) is 8.56. The van der Waals surface area contributed by atoms with Crippen LogP contribution in [0.5, 0.6) is 0 Å². The van der Waals surface area contributed by atoms with E-state index < -0.39 is 12.1 Å². The Morgan fingerprint density at radius 3 is 3.00 bits per heavy atom. The molecule has 0 aromatic carbocycles. The average Bonchev–Trinajstić information content (AvgIpc) is 2.06. The molecule has 0 heterocycles. The van der Waals surface area contributed by atoms with Gasteiger partial charge in [-0.3, -0.25) is 0 Å².